The lowest BCUT2D eigenvalue weighted by atomic mass is 10.2. The summed E-state index contributed by atoms with van der Waals surface area (Å²) in [7, 11) is 1.56. The quantitative estimate of drug-likeness (QED) is 0.613. The molecular formula is C22H25N3O5. The summed E-state index contributed by atoms with van der Waals surface area (Å²) in [4.78, 5) is 39.4. The van der Waals surface area contributed by atoms with Crippen LogP contribution in [0.4, 0.5) is 0 Å². The van der Waals surface area contributed by atoms with Gasteiger partial charge in [-0.05, 0) is 43.7 Å². The highest BCUT2D eigenvalue weighted by Gasteiger charge is 2.16. The molecule has 0 aliphatic heterocycles. The van der Waals surface area contributed by atoms with Crippen molar-refractivity contribution < 1.29 is 14.3 Å². The Bertz CT molecular complexity index is 1170. The second-order valence-corrected chi connectivity index (χ2v) is 6.70. The summed E-state index contributed by atoms with van der Waals surface area (Å²) in [5.74, 6) is 0.949. The van der Waals surface area contributed by atoms with Crippen LogP contribution in [0.1, 0.15) is 19.4 Å². The highest BCUT2D eigenvalue weighted by atomic mass is 16.5. The molecule has 1 amide bonds. The number of carbonyl (C=O) groups excluding carboxylic acids is 1. The van der Waals surface area contributed by atoms with Gasteiger partial charge in [0.2, 0.25) is 5.91 Å². The minimum Gasteiger partial charge on any atom is -0.493 e. The number of benzene rings is 2. The average Bonchev–Trinajstić information content (AvgIpc) is 2.76. The number of carbonyl (C=O) groups is 1. The summed E-state index contributed by atoms with van der Waals surface area (Å²) >= 11 is 0. The summed E-state index contributed by atoms with van der Waals surface area (Å²) < 4.78 is 12.0. The molecule has 0 radical (unpaired) electrons. The van der Waals surface area contributed by atoms with Crippen molar-refractivity contribution in [3.05, 3.63) is 68.7 Å². The van der Waals surface area contributed by atoms with Crippen LogP contribution < -0.4 is 20.6 Å². The Morgan fingerprint density at radius 3 is 2.47 bits per heavy atom. The number of nitrogens with one attached hydrogen (secondary N) is 1. The van der Waals surface area contributed by atoms with Crippen molar-refractivity contribution in [3.8, 4) is 11.5 Å². The molecule has 3 aromatic rings. The Morgan fingerprint density at radius 1 is 1.07 bits per heavy atom. The summed E-state index contributed by atoms with van der Waals surface area (Å²) in [5.41, 5.74) is 0.0551. The molecule has 158 valence electrons. The molecular weight excluding hydrogens is 386 g/mol. The van der Waals surface area contributed by atoms with Crippen molar-refractivity contribution >= 4 is 16.7 Å². The summed E-state index contributed by atoms with van der Waals surface area (Å²) in [6, 6.07) is 12.0. The molecule has 0 atom stereocenters. The third-order valence-electron chi connectivity index (χ3n) is 4.81. The van der Waals surface area contributed by atoms with Crippen LogP contribution in [0.3, 0.4) is 0 Å². The number of fused-ring (bicyclic) bond motifs is 1. The maximum absolute atomic E-state index is 12.9. The van der Waals surface area contributed by atoms with Gasteiger partial charge in [0.25, 0.3) is 11.1 Å². The van der Waals surface area contributed by atoms with Gasteiger partial charge in [0.1, 0.15) is 6.54 Å². The van der Waals surface area contributed by atoms with E-state index in [4.69, 9.17) is 9.47 Å². The predicted octanol–water partition coefficient (Wildman–Crippen LogP) is 2.15. The Labute approximate surface area is 173 Å². The van der Waals surface area contributed by atoms with Crippen LogP contribution in [-0.2, 0) is 17.9 Å². The first-order chi connectivity index (χ1) is 14.5. The number of rotatable bonds is 8. The molecule has 0 bridgehead atoms. The van der Waals surface area contributed by atoms with Crippen LogP contribution in [0.2, 0.25) is 0 Å². The van der Waals surface area contributed by atoms with Crippen LogP contribution in [0.15, 0.2) is 52.1 Å². The Morgan fingerprint density at radius 2 is 1.80 bits per heavy atom. The van der Waals surface area contributed by atoms with Gasteiger partial charge in [-0.1, -0.05) is 18.2 Å². The van der Waals surface area contributed by atoms with Crippen LogP contribution in [0, 0.1) is 0 Å². The molecule has 3 rings (SSSR count). The molecule has 8 heteroatoms. The van der Waals surface area contributed by atoms with Gasteiger partial charge in [-0.2, -0.15) is 0 Å². The first-order valence-corrected chi connectivity index (χ1v) is 9.77. The number of aromatic amines is 1. The van der Waals surface area contributed by atoms with E-state index in [1.165, 1.54) is 0 Å². The lowest BCUT2D eigenvalue weighted by Crippen LogP contribution is -2.39. The van der Waals surface area contributed by atoms with Crippen molar-refractivity contribution in [3.63, 3.8) is 0 Å². The zero-order valence-corrected chi connectivity index (χ0v) is 17.3. The molecule has 0 spiro atoms. The maximum Gasteiger partial charge on any atom is 0.273 e. The predicted molar refractivity (Wildman–Crippen MR) is 114 cm³/mol. The number of amides is 1. The molecule has 0 fully saturated rings. The van der Waals surface area contributed by atoms with Gasteiger partial charge in [-0.15, -0.1) is 0 Å². The zero-order valence-electron chi connectivity index (χ0n) is 17.3. The van der Waals surface area contributed by atoms with E-state index in [1.54, 1.807) is 42.3 Å². The molecule has 1 N–H and O–H groups in total. The minimum atomic E-state index is -0.405. The lowest BCUT2D eigenvalue weighted by molar-refractivity contribution is -0.132. The first-order valence-electron chi connectivity index (χ1n) is 9.77. The van der Waals surface area contributed by atoms with Crippen molar-refractivity contribution in [2.45, 2.75) is 26.9 Å². The number of nitrogens with zero attached hydrogens (tertiary/aromatic N) is 2. The van der Waals surface area contributed by atoms with E-state index >= 15 is 0 Å². The van der Waals surface area contributed by atoms with Crippen LogP contribution in [0.5, 0.6) is 11.5 Å². The third kappa shape index (κ3) is 4.37. The van der Waals surface area contributed by atoms with Crippen LogP contribution >= 0.6 is 0 Å². The Balaban J connectivity index is 1.82. The fourth-order valence-electron chi connectivity index (χ4n) is 3.27. The van der Waals surface area contributed by atoms with Gasteiger partial charge in [-0.25, -0.2) is 4.68 Å². The smallest absolute Gasteiger partial charge is 0.273 e. The van der Waals surface area contributed by atoms with E-state index in [0.29, 0.717) is 36.6 Å². The topological polar surface area (TPSA) is 93.6 Å². The van der Waals surface area contributed by atoms with Crippen molar-refractivity contribution in [1.29, 1.82) is 0 Å². The number of methoxy groups -OCH3 is 1. The zero-order chi connectivity index (χ0) is 21.7. The highest BCUT2D eigenvalue weighted by Crippen LogP contribution is 2.28. The number of hydrogen-bond donors (Lipinski definition) is 1. The van der Waals surface area contributed by atoms with E-state index in [-0.39, 0.29) is 17.8 Å². The second-order valence-electron chi connectivity index (χ2n) is 6.70. The van der Waals surface area contributed by atoms with E-state index in [0.717, 1.165) is 10.2 Å². The molecule has 0 saturated heterocycles. The summed E-state index contributed by atoms with van der Waals surface area (Å²) in [6.07, 6.45) is 0. The summed E-state index contributed by atoms with van der Waals surface area (Å²) in [6.45, 7) is 4.81. The van der Waals surface area contributed by atoms with Crippen LogP contribution in [0.25, 0.3) is 10.8 Å². The minimum absolute atomic E-state index is 0.249. The largest absolute Gasteiger partial charge is 0.493 e. The molecule has 0 unspecified atom stereocenters. The molecule has 0 saturated carbocycles. The fourth-order valence-corrected chi connectivity index (χ4v) is 3.27. The Kier molecular flexibility index (Phi) is 6.56. The molecule has 30 heavy (non-hydrogen) atoms. The van der Waals surface area contributed by atoms with Gasteiger partial charge in [-0.3, -0.25) is 19.5 Å². The normalized spacial score (nSPS) is 10.8. The van der Waals surface area contributed by atoms with E-state index in [9.17, 15) is 14.4 Å². The van der Waals surface area contributed by atoms with Gasteiger partial charge < -0.3 is 14.4 Å². The van der Waals surface area contributed by atoms with Crippen LogP contribution in [-0.4, -0.2) is 40.8 Å². The maximum atomic E-state index is 12.9. The molecule has 0 aliphatic rings. The van der Waals surface area contributed by atoms with Gasteiger partial charge in [0, 0.05) is 13.1 Å². The average molecular weight is 411 g/mol. The third-order valence-corrected chi connectivity index (χ3v) is 4.81. The van der Waals surface area contributed by atoms with Crippen molar-refractivity contribution in [2.75, 3.05) is 20.3 Å². The number of ether oxygens (including phenoxy) is 2. The molecule has 8 nitrogen and oxygen atoms in total. The molecule has 2 aromatic carbocycles. The van der Waals surface area contributed by atoms with Gasteiger partial charge in [0.15, 0.2) is 11.5 Å². The fraction of sp³-hybridized carbons (Fsp3) is 0.318. The monoisotopic (exact) mass is 411 g/mol. The van der Waals surface area contributed by atoms with E-state index in [1.807, 2.05) is 26.0 Å². The van der Waals surface area contributed by atoms with E-state index < -0.39 is 11.1 Å². The summed E-state index contributed by atoms with van der Waals surface area (Å²) in [5, 5.41) is 3.09. The Hall–Kier alpha value is -3.55. The van der Waals surface area contributed by atoms with Gasteiger partial charge >= 0.3 is 0 Å². The first kappa shape index (κ1) is 21.2. The second kappa shape index (κ2) is 9.30. The SMILES string of the molecule is CCOc1ccc(CN(CC)C(=O)Cn2[nH]c(=O)c3ccccc3c2=O)cc1OC. The number of hydrogen-bond acceptors (Lipinski definition) is 5. The number of H-pyrrole nitrogens is 1. The molecule has 1 aromatic heterocycles. The number of likely N-dealkylation sites (N-methyl/N-ethyl adjacent to an activating group) is 1. The van der Waals surface area contributed by atoms with Gasteiger partial charge in [0.05, 0.1) is 24.5 Å². The van der Waals surface area contributed by atoms with E-state index in [2.05, 4.69) is 5.10 Å². The lowest BCUT2D eigenvalue weighted by Gasteiger charge is -2.22. The molecule has 1 heterocycles. The molecule has 0 aliphatic carbocycles. The highest BCUT2D eigenvalue weighted by molar-refractivity contribution is 5.81. The number of aromatic nitrogens is 2. The van der Waals surface area contributed by atoms with Crippen molar-refractivity contribution in [1.82, 2.24) is 14.7 Å². The van der Waals surface area contributed by atoms with Crippen molar-refractivity contribution in [2.24, 2.45) is 0 Å². The standard InChI is InChI=1S/C22H25N3O5/c1-4-24(13-15-10-11-18(30-5-2)19(12-15)29-3)20(26)14-25-22(28)17-9-7-6-8-16(17)21(27)23-25/h6-12H,4-5,13-14H2,1-3H3,(H,23,27).